The van der Waals surface area contributed by atoms with E-state index in [1.807, 2.05) is 0 Å². The molecule has 0 aliphatic carbocycles. The van der Waals surface area contributed by atoms with Crippen molar-refractivity contribution in [3.05, 3.63) is 24.3 Å². The number of carbonyl (C=O) groups excluding carboxylic acids is 2. The zero-order valence-electron chi connectivity index (χ0n) is 45.9. The Hall–Kier alpha value is -1.66. The van der Waals surface area contributed by atoms with Crippen molar-refractivity contribution in [2.75, 3.05) is 13.2 Å². The summed E-state index contributed by atoms with van der Waals surface area (Å²) in [6.45, 7) is 4.95. The summed E-state index contributed by atoms with van der Waals surface area (Å²) < 4.78 is 5.48. The van der Waals surface area contributed by atoms with Gasteiger partial charge in [-0.25, -0.2) is 0 Å². The lowest BCUT2D eigenvalue weighted by molar-refractivity contribution is -0.143. The lowest BCUT2D eigenvalue weighted by Gasteiger charge is -2.22. The van der Waals surface area contributed by atoms with E-state index in [0.29, 0.717) is 25.9 Å². The number of hydrogen-bond donors (Lipinski definition) is 3. The fourth-order valence-electron chi connectivity index (χ4n) is 9.55. The first-order chi connectivity index (χ1) is 33.5. The van der Waals surface area contributed by atoms with Gasteiger partial charge < -0.3 is 20.3 Å². The number of aliphatic hydroxyl groups is 2. The van der Waals surface area contributed by atoms with Crippen LogP contribution in [0.15, 0.2) is 24.3 Å². The number of esters is 1. The van der Waals surface area contributed by atoms with Gasteiger partial charge in [-0.3, -0.25) is 9.59 Å². The van der Waals surface area contributed by atoms with Crippen LogP contribution in [0.25, 0.3) is 0 Å². The van der Waals surface area contributed by atoms with Crippen molar-refractivity contribution in [1.82, 2.24) is 5.32 Å². The highest BCUT2D eigenvalue weighted by atomic mass is 16.5. The Morgan fingerprint density at radius 1 is 0.412 bits per heavy atom. The Bertz CT molecular complexity index is 1060. The molecule has 0 aliphatic rings. The molecule has 6 nitrogen and oxygen atoms in total. The van der Waals surface area contributed by atoms with Crippen molar-refractivity contribution in [2.24, 2.45) is 0 Å². The van der Waals surface area contributed by atoms with Crippen molar-refractivity contribution < 1.29 is 24.5 Å². The number of rotatable bonds is 57. The molecule has 0 rings (SSSR count). The van der Waals surface area contributed by atoms with Crippen molar-refractivity contribution in [2.45, 2.75) is 347 Å². The van der Waals surface area contributed by atoms with E-state index in [0.717, 1.165) is 44.9 Å². The van der Waals surface area contributed by atoms with Crippen LogP contribution in [0.4, 0.5) is 0 Å². The molecule has 0 spiro atoms. The summed E-state index contributed by atoms with van der Waals surface area (Å²) in [4.78, 5) is 24.5. The highest BCUT2D eigenvalue weighted by Gasteiger charge is 2.20. The minimum absolute atomic E-state index is 0.0130. The van der Waals surface area contributed by atoms with Gasteiger partial charge in [0.05, 0.1) is 25.4 Å². The fourth-order valence-corrected chi connectivity index (χ4v) is 9.55. The van der Waals surface area contributed by atoms with Gasteiger partial charge in [-0.05, 0) is 57.8 Å². The minimum Gasteiger partial charge on any atom is -0.466 e. The summed E-state index contributed by atoms with van der Waals surface area (Å²) in [6.07, 6.45) is 70.5. The van der Waals surface area contributed by atoms with Gasteiger partial charge in [0.1, 0.15) is 0 Å². The molecule has 0 radical (unpaired) electrons. The van der Waals surface area contributed by atoms with Crippen LogP contribution in [0.3, 0.4) is 0 Å². The fraction of sp³-hybridized carbons (Fsp3) is 0.903. The number of nitrogens with one attached hydrogen (secondary N) is 1. The molecule has 2 unspecified atom stereocenters. The highest BCUT2D eigenvalue weighted by molar-refractivity contribution is 5.76. The SMILES string of the molecule is CCCCCCCCCCCCCCCCC(=O)OCCCCCCCCCCC/C=C\C/C=C\CCCCCCCCCCCCCC(=O)NC(CO)C(O)CCCCCCCCCCCC. The second kappa shape index (κ2) is 57.9. The number of aliphatic hydroxyl groups excluding tert-OH is 2. The first kappa shape index (κ1) is 66.3. The summed E-state index contributed by atoms with van der Waals surface area (Å²) in [5.41, 5.74) is 0. The Labute approximate surface area is 424 Å². The maximum atomic E-state index is 12.4. The standard InChI is InChI=1S/C62H119NO5/c1-3-5-7-9-11-13-15-16-33-36-40-44-48-52-56-62(67)68-57-53-49-45-41-37-34-31-29-27-25-23-21-19-17-18-20-22-24-26-28-30-32-35-39-43-47-51-55-61(66)63-59(58-64)60(65)54-50-46-42-38-14-12-10-8-6-4-2/h17-18,21,23,59-60,64-65H,3-16,19-20,22,24-58H2,1-2H3,(H,63,66)/b18-17-,23-21-. The van der Waals surface area contributed by atoms with E-state index >= 15 is 0 Å². The predicted molar refractivity (Wildman–Crippen MR) is 296 cm³/mol. The number of carbonyl (C=O) groups is 2. The zero-order chi connectivity index (χ0) is 49.3. The normalized spacial score (nSPS) is 12.7. The maximum absolute atomic E-state index is 12.4. The third-order valence-corrected chi connectivity index (χ3v) is 14.3. The van der Waals surface area contributed by atoms with Crippen LogP contribution >= 0.6 is 0 Å². The Morgan fingerprint density at radius 2 is 0.735 bits per heavy atom. The van der Waals surface area contributed by atoms with Crippen LogP contribution in [-0.4, -0.2) is 47.4 Å². The molecule has 0 aromatic rings. The molecule has 0 aromatic heterocycles. The van der Waals surface area contributed by atoms with E-state index in [2.05, 4.69) is 43.5 Å². The maximum Gasteiger partial charge on any atom is 0.305 e. The van der Waals surface area contributed by atoms with Gasteiger partial charge in [0.15, 0.2) is 0 Å². The van der Waals surface area contributed by atoms with E-state index in [-0.39, 0.29) is 18.5 Å². The van der Waals surface area contributed by atoms with E-state index < -0.39 is 12.1 Å². The molecule has 68 heavy (non-hydrogen) atoms. The molecule has 0 bridgehead atoms. The zero-order valence-corrected chi connectivity index (χ0v) is 45.9. The molecule has 6 heteroatoms. The first-order valence-corrected chi connectivity index (χ1v) is 30.6. The minimum atomic E-state index is -0.664. The number of allylic oxidation sites excluding steroid dienone is 4. The summed E-state index contributed by atoms with van der Waals surface area (Å²) in [7, 11) is 0. The van der Waals surface area contributed by atoms with Gasteiger partial charge in [-0.1, -0.05) is 289 Å². The van der Waals surface area contributed by atoms with Crippen LogP contribution in [0, 0.1) is 0 Å². The van der Waals surface area contributed by atoms with Gasteiger partial charge in [0.25, 0.3) is 0 Å². The second-order valence-corrected chi connectivity index (χ2v) is 21.0. The molecule has 0 heterocycles. The lowest BCUT2D eigenvalue weighted by atomic mass is 10.0. The average molecular weight is 959 g/mol. The topological polar surface area (TPSA) is 95.9 Å². The van der Waals surface area contributed by atoms with Crippen LogP contribution < -0.4 is 5.32 Å². The number of hydrogen-bond acceptors (Lipinski definition) is 5. The molecule has 402 valence electrons. The van der Waals surface area contributed by atoms with Gasteiger partial charge in [-0.2, -0.15) is 0 Å². The average Bonchev–Trinajstić information content (AvgIpc) is 3.34. The van der Waals surface area contributed by atoms with E-state index in [1.54, 1.807) is 0 Å². The van der Waals surface area contributed by atoms with Gasteiger partial charge in [0.2, 0.25) is 5.91 Å². The second-order valence-electron chi connectivity index (χ2n) is 21.0. The molecule has 0 saturated carbocycles. The first-order valence-electron chi connectivity index (χ1n) is 30.6. The number of amides is 1. The molecule has 0 fully saturated rings. The number of unbranched alkanes of at least 4 members (excludes halogenated alkanes) is 42. The van der Waals surface area contributed by atoms with Crippen molar-refractivity contribution in [3.8, 4) is 0 Å². The number of ether oxygens (including phenoxy) is 1. The van der Waals surface area contributed by atoms with Crippen LogP contribution in [-0.2, 0) is 14.3 Å². The predicted octanol–water partition coefficient (Wildman–Crippen LogP) is 19.0. The molecule has 0 aliphatic heterocycles. The van der Waals surface area contributed by atoms with E-state index in [4.69, 9.17) is 4.74 Å². The smallest absolute Gasteiger partial charge is 0.305 e. The molecule has 1 amide bonds. The summed E-state index contributed by atoms with van der Waals surface area (Å²) in [5, 5.41) is 23.1. The molecular weight excluding hydrogens is 839 g/mol. The van der Waals surface area contributed by atoms with Crippen molar-refractivity contribution in [1.29, 1.82) is 0 Å². The molecule has 3 N–H and O–H groups in total. The van der Waals surface area contributed by atoms with Gasteiger partial charge in [0, 0.05) is 12.8 Å². The summed E-state index contributed by atoms with van der Waals surface area (Å²) in [6, 6.07) is -0.542. The van der Waals surface area contributed by atoms with Crippen molar-refractivity contribution >= 4 is 11.9 Å². The molecule has 0 saturated heterocycles. The van der Waals surface area contributed by atoms with E-state index in [9.17, 15) is 19.8 Å². The summed E-state index contributed by atoms with van der Waals surface area (Å²) >= 11 is 0. The highest BCUT2D eigenvalue weighted by Crippen LogP contribution is 2.17. The Balaban J connectivity index is 3.39. The Kier molecular flexibility index (Phi) is 56.5. The third kappa shape index (κ3) is 53.7. The molecule has 0 aromatic carbocycles. The third-order valence-electron chi connectivity index (χ3n) is 14.3. The monoisotopic (exact) mass is 958 g/mol. The van der Waals surface area contributed by atoms with Gasteiger partial charge >= 0.3 is 5.97 Å². The largest absolute Gasteiger partial charge is 0.466 e. The quantitative estimate of drug-likeness (QED) is 0.0321. The van der Waals surface area contributed by atoms with Crippen LogP contribution in [0.1, 0.15) is 335 Å². The molecular formula is C62H119NO5. The van der Waals surface area contributed by atoms with Gasteiger partial charge in [-0.15, -0.1) is 0 Å². The Morgan fingerprint density at radius 3 is 1.12 bits per heavy atom. The van der Waals surface area contributed by atoms with Crippen molar-refractivity contribution in [3.63, 3.8) is 0 Å². The van der Waals surface area contributed by atoms with Crippen LogP contribution in [0.5, 0.6) is 0 Å². The summed E-state index contributed by atoms with van der Waals surface area (Å²) in [5.74, 6) is -0.0259. The lowest BCUT2D eigenvalue weighted by Crippen LogP contribution is -2.45. The molecule has 2 atom stereocenters. The van der Waals surface area contributed by atoms with Crippen LogP contribution in [0.2, 0.25) is 0 Å². The van der Waals surface area contributed by atoms with E-state index in [1.165, 1.54) is 257 Å².